The van der Waals surface area contributed by atoms with Gasteiger partial charge in [-0.3, -0.25) is 0 Å². The van der Waals surface area contributed by atoms with E-state index in [0.29, 0.717) is 5.56 Å². The fourth-order valence-corrected chi connectivity index (χ4v) is 1.87. The van der Waals surface area contributed by atoms with Gasteiger partial charge < -0.3 is 4.90 Å². The smallest absolute Gasteiger partial charge is 0.147 e. The van der Waals surface area contributed by atoms with Crippen LogP contribution in [0.1, 0.15) is 37.1 Å². The van der Waals surface area contributed by atoms with Gasteiger partial charge in [-0.1, -0.05) is 6.92 Å². The Balaban J connectivity index is 3.24. The van der Waals surface area contributed by atoms with Crippen LogP contribution in [0.15, 0.2) is 6.07 Å². The molecule has 0 unspecified atom stereocenters. The van der Waals surface area contributed by atoms with Crippen LogP contribution in [0.3, 0.4) is 0 Å². The van der Waals surface area contributed by atoms with Crippen molar-refractivity contribution in [2.45, 2.75) is 34.1 Å². The summed E-state index contributed by atoms with van der Waals surface area (Å²) >= 11 is 0. The number of aromatic nitrogens is 1. The Labute approximate surface area is 97.7 Å². The van der Waals surface area contributed by atoms with Crippen molar-refractivity contribution in [3.63, 3.8) is 0 Å². The zero-order valence-corrected chi connectivity index (χ0v) is 10.5. The maximum atomic E-state index is 9.19. The minimum atomic E-state index is 0.709. The molecule has 1 aromatic rings. The second-order valence-corrected chi connectivity index (χ2v) is 3.97. The lowest BCUT2D eigenvalue weighted by atomic mass is 10.1. The number of rotatable bonds is 4. The summed E-state index contributed by atoms with van der Waals surface area (Å²) in [7, 11) is 0. The van der Waals surface area contributed by atoms with Gasteiger partial charge in [0.05, 0.1) is 5.56 Å². The van der Waals surface area contributed by atoms with Crippen molar-refractivity contribution in [2.24, 2.45) is 0 Å². The Morgan fingerprint density at radius 2 is 2.06 bits per heavy atom. The highest BCUT2D eigenvalue weighted by Crippen LogP contribution is 2.21. The Bertz CT molecular complexity index is 404. The fourth-order valence-electron chi connectivity index (χ4n) is 1.87. The normalized spacial score (nSPS) is 9.94. The van der Waals surface area contributed by atoms with Crippen LogP contribution in [0.5, 0.6) is 0 Å². The summed E-state index contributed by atoms with van der Waals surface area (Å²) in [5.74, 6) is 0.837. The van der Waals surface area contributed by atoms with Crippen molar-refractivity contribution in [3.05, 3.63) is 22.9 Å². The SMILES string of the molecule is CCCN(CC)c1nc(C)cc(C)c1C#N. The number of hydrogen-bond acceptors (Lipinski definition) is 3. The Hall–Kier alpha value is -1.56. The largest absolute Gasteiger partial charge is 0.356 e. The molecule has 0 bridgehead atoms. The zero-order valence-electron chi connectivity index (χ0n) is 10.5. The molecular formula is C13H19N3. The van der Waals surface area contributed by atoms with Crippen molar-refractivity contribution in [1.82, 2.24) is 4.98 Å². The van der Waals surface area contributed by atoms with Crippen LogP contribution in [0.25, 0.3) is 0 Å². The van der Waals surface area contributed by atoms with Crippen LogP contribution in [0.4, 0.5) is 5.82 Å². The van der Waals surface area contributed by atoms with Gasteiger partial charge in [0.25, 0.3) is 0 Å². The summed E-state index contributed by atoms with van der Waals surface area (Å²) in [6, 6.07) is 4.22. The van der Waals surface area contributed by atoms with E-state index in [9.17, 15) is 5.26 Å². The van der Waals surface area contributed by atoms with Crippen molar-refractivity contribution >= 4 is 5.82 Å². The van der Waals surface area contributed by atoms with Crippen molar-refractivity contribution < 1.29 is 0 Å². The second kappa shape index (κ2) is 5.50. The quantitative estimate of drug-likeness (QED) is 0.778. The van der Waals surface area contributed by atoms with E-state index in [1.807, 2.05) is 19.9 Å². The molecule has 0 radical (unpaired) electrons. The van der Waals surface area contributed by atoms with Gasteiger partial charge in [0.2, 0.25) is 0 Å². The Morgan fingerprint density at radius 1 is 1.38 bits per heavy atom. The maximum Gasteiger partial charge on any atom is 0.147 e. The minimum absolute atomic E-state index is 0.709. The van der Waals surface area contributed by atoms with E-state index in [-0.39, 0.29) is 0 Å². The molecule has 1 aromatic heterocycles. The summed E-state index contributed by atoms with van der Waals surface area (Å²) in [6.07, 6.45) is 1.06. The Morgan fingerprint density at radius 3 is 2.56 bits per heavy atom. The van der Waals surface area contributed by atoms with Crippen molar-refractivity contribution in [3.8, 4) is 6.07 Å². The first kappa shape index (κ1) is 12.5. The highest BCUT2D eigenvalue weighted by Gasteiger charge is 2.13. The van der Waals surface area contributed by atoms with E-state index in [4.69, 9.17) is 0 Å². The van der Waals surface area contributed by atoms with E-state index in [0.717, 1.165) is 36.6 Å². The van der Waals surface area contributed by atoms with Crippen LogP contribution in [0.2, 0.25) is 0 Å². The third kappa shape index (κ3) is 2.52. The molecule has 0 fully saturated rings. The van der Waals surface area contributed by atoms with E-state index in [1.54, 1.807) is 0 Å². The van der Waals surface area contributed by atoms with E-state index in [2.05, 4.69) is 29.8 Å². The predicted molar refractivity (Wildman–Crippen MR) is 66.6 cm³/mol. The molecule has 16 heavy (non-hydrogen) atoms. The number of pyridine rings is 1. The van der Waals surface area contributed by atoms with Gasteiger partial charge in [0, 0.05) is 18.8 Å². The molecule has 3 nitrogen and oxygen atoms in total. The van der Waals surface area contributed by atoms with E-state index < -0.39 is 0 Å². The molecule has 0 saturated heterocycles. The van der Waals surface area contributed by atoms with Gasteiger partial charge in [0.1, 0.15) is 11.9 Å². The van der Waals surface area contributed by atoms with Gasteiger partial charge in [-0.15, -0.1) is 0 Å². The maximum absolute atomic E-state index is 9.19. The van der Waals surface area contributed by atoms with Crippen molar-refractivity contribution in [2.75, 3.05) is 18.0 Å². The number of anilines is 1. The average molecular weight is 217 g/mol. The molecule has 0 atom stereocenters. The molecule has 0 aromatic carbocycles. The van der Waals surface area contributed by atoms with E-state index >= 15 is 0 Å². The lowest BCUT2D eigenvalue weighted by Gasteiger charge is -2.23. The van der Waals surface area contributed by atoms with Crippen LogP contribution >= 0.6 is 0 Å². The minimum Gasteiger partial charge on any atom is -0.356 e. The van der Waals surface area contributed by atoms with Gasteiger partial charge in [0.15, 0.2) is 0 Å². The molecule has 86 valence electrons. The van der Waals surface area contributed by atoms with Crippen LogP contribution in [0, 0.1) is 25.2 Å². The van der Waals surface area contributed by atoms with Gasteiger partial charge in [-0.05, 0) is 38.8 Å². The summed E-state index contributed by atoms with van der Waals surface area (Å²) in [4.78, 5) is 6.66. The van der Waals surface area contributed by atoms with Gasteiger partial charge >= 0.3 is 0 Å². The standard InChI is InChI=1S/C13H19N3/c1-5-7-16(6-2)13-12(9-14)10(3)8-11(4)15-13/h8H,5-7H2,1-4H3. The molecular weight excluding hydrogens is 198 g/mol. The monoisotopic (exact) mass is 217 g/mol. The molecule has 0 aliphatic rings. The van der Waals surface area contributed by atoms with E-state index in [1.165, 1.54) is 0 Å². The predicted octanol–water partition coefficient (Wildman–Crippen LogP) is 2.81. The van der Waals surface area contributed by atoms with Crippen LogP contribution in [-0.2, 0) is 0 Å². The number of aryl methyl sites for hydroxylation is 2. The number of hydrogen-bond donors (Lipinski definition) is 0. The molecule has 0 amide bonds. The molecule has 0 spiro atoms. The first-order chi connectivity index (χ1) is 7.63. The first-order valence-corrected chi connectivity index (χ1v) is 5.77. The second-order valence-electron chi connectivity index (χ2n) is 3.97. The van der Waals surface area contributed by atoms with Crippen LogP contribution < -0.4 is 4.90 Å². The summed E-state index contributed by atoms with van der Waals surface area (Å²) < 4.78 is 0. The third-order valence-corrected chi connectivity index (χ3v) is 2.61. The first-order valence-electron chi connectivity index (χ1n) is 5.77. The summed E-state index contributed by atoms with van der Waals surface area (Å²) in [5, 5.41) is 9.19. The number of nitrogens with zero attached hydrogens (tertiary/aromatic N) is 3. The molecule has 3 heteroatoms. The molecule has 0 N–H and O–H groups in total. The molecule has 1 heterocycles. The summed E-state index contributed by atoms with van der Waals surface area (Å²) in [5.41, 5.74) is 2.70. The van der Waals surface area contributed by atoms with Crippen LogP contribution in [-0.4, -0.2) is 18.1 Å². The average Bonchev–Trinajstić information content (AvgIpc) is 2.25. The topological polar surface area (TPSA) is 39.9 Å². The highest BCUT2D eigenvalue weighted by atomic mass is 15.2. The lowest BCUT2D eigenvalue weighted by molar-refractivity contribution is 0.774. The third-order valence-electron chi connectivity index (χ3n) is 2.61. The number of nitriles is 1. The molecule has 1 rings (SSSR count). The molecule has 0 aliphatic heterocycles. The van der Waals surface area contributed by atoms with Crippen molar-refractivity contribution in [1.29, 1.82) is 5.26 Å². The molecule has 0 saturated carbocycles. The molecule has 0 aliphatic carbocycles. The van der Waals surface area contributed by atoms with Gasteiger partial charge in [-0.25, -0.2) is 4.98 Å². The zero-order chi connectivity index (χ0) is 12.1. The van der Waals surface area contributed by atoms with Gasteiger partial charge in [-0.2, -0.15) is 5.26 Å². The highest BCUT2D eigenvalue weighted by molar-refractivity contribution is 5.58. The Kier molecular flexibility index (Phi) is 4.30. The lowest BCUT2D eigenvalue weighted by Crippen LogP contribution is -2.26. The fraction of sp³-hybridized carbons (Fsp3) is 0.538. The summed E-state index contributed by atoms with van der Waals surface area (Å²) in [6.45, 7) is 10.0.